The fraction of sp³-hybridized carbons (Fsp3) is 0.300. The number of aryl methyl sites for hydroxylation is 1. The Hall–Kier alpha value is -2.51. The monoisotopic (exact) mass is 407 g/mol. The minimum Gasteiger partial charge on any atom is -0.376 e. The average molecular weight is 408 g/mol. The fourth-order valence-corrected chi connectivity index (χ4v) is 3.03. The lowest BCUT2D eigenvalue weighted by atomic mass is 10.2. The van der Waals surface area contributed by atoms with Crippen LogP contribution < -0.4 is 10.6 Å². The third-order valence-electron chi connectivity index (χ3n) is 4.33. The summed E-state index contributed by atoms with van der Waals surface area (Å²) < 4.78 is 32.1. The van der Waals surface area contributed by atoms with Crippen LogP contribution in [0.4, 0.5) is 14.5 Å². The van der Waals surface area contributed by atoms with Gasteiger partial charge in [0, 0.05) is 22.9 Å². The van der Waals surface area contributed by atoms with Gasteiger partial charge in [-0.05, 0) is 61.7 Å². The van der Waals surface area contributed by atoms with Crippen LogP contribution in [0.3, 0.4) is 0 Å². The van der Waals surface area contributed by atoms with Gasteiger partial charge in [0.1, 0.15) is 0 Å². The third-order valence-corrected chi connectivity index (χ3v) is 4.57. The molecule has 0 aliphatic carbocycles. The highest BCUT2D eigenvalue weighted by molar-refractivity contribution is 6.30. The molecule has 3 rings (SSSR count). The van der Waals surface area contributed by atoms with Crippen LogP contribution in [0.5, 0.6) is 0 Å². The number of amides is 1. The molecule has 0 radical (unpaired) electrons. The van der Waals surface area contributed by atoms with E-state index < -0.39 is 17.5 Å². The zero-order valence-electron chi connectivity index (χ0n) is 15.3. The zero-order chi connectivity index (χ0) is 20.1. The SMILES string of the molecule is Cc1cc(Cl)ccc1NC(=NCC1CCCO1)NC(=O)c1ccc(F)c(F)c1. The molecule has 0 aromatic heterocycles. The van der Waals surface area contributed by atoms with Crippen molar-refractivity contribution in [2.75, 3.05) is 18.5 Å². The summed E-state index contributed by atoms with van der Waals surface area (Å²) >= 11 is 5.98. The molecule has 1 aliphatic rings. The Bertz CT molecular complexity index is 899. The third kappa shape index (κ3) is 5.27. The smallest absolute Gasteiger partial charge is 0.258 e. The first kappa shape index (κ1) is 20.2. The highest BCUT2D eigenvalue weighted by Crippen LogP contribution is 2.20. The Morgan fingerprint density at radius 1 is 1.25 bits per heavy atom. The minimum atomic E-state index is -1.09. The maximum Gasteiger partial charge on any atom is 0.258 e. The highest BCUT2D eigenvalue weighted by atomic mass is 35.5. The van der Waals surface area contributed by atoms with Gasteiger partial charge in [0.2, 0.25) is 5.96 Å². The van der Waals surface area contributed by atoms with Gasteiger partial charge >= 0.3 is 0 Å². The van der Waals surface area contributed by atoms with Crippen molar-refractivity contribution < 1.29 is 18.3 Å². The number of halogens is 3. The lowest BCUT2D eigenvalue weighted by Gasteiger charge is -2.15. The molecule has 0 spiro atoms. The van der Waals surface area contributed by atoms with Gasteiger partial charge in [-0.3, -0.25) is 10.1 Å². The molecule has 1 unspecified atom stereocenters. The second-order valence-corrected chi connectivity index (χ2v) is 6.93. The number of carbonyl (C=O) groups is 1. The molecule has 2 aromatic carbocycles. The molecule has 1 atom stereocenters. The molecular weight excluding hydrogens is 388 g/mol. The molecule has 1 saturated heterocycles. The molecule has 2 aromatic rings. The first-order valence-corrected chi connectivity index (χ1v) is 9.26. The minimum absolute atomic E-state index is 0.0108. The molecule has 1 amide bonds. The Labute approximate surface area is 166 Å². The average Bonchev–Trinajstić information content (AvgIpc) is 3.17. The number of nitrogens with one attached hydrogen (secondary N) is 2. The van der Waals surface area contributed by atoms with Crippen molar-refractivity contribution in [1.82, 2.24) is 5.32 Å². The van der Waals surface area contributed by atoms with Crippen LogP contribution in [0.15, 0.2) is 41.4 Å². The Kier molecular flexibility index (Phi) is 6.59. The summed E-state index contributed by atoms with van der Waals surface area (Å²) in [5, 5.41) is 6.27. The summed E-state index contributed by atoms with van der Waals surface area (Å²) in [5.74, 6) is -2.52. The standard InChI is InChI=1S/C20H20ClF2N3O2/c1-12-9-14(21)5-7-18(12)25-20(24-11-15-3-2-8-28-15)26-19(27)13-4-6-16(22)17(23)10-13/h4-7,9-10,15H,2-3,8,11H2,1H3,(H2,24,25,26,27). The number of aliphatic imine (C=N–C) groups is 1. The van der Waals surface area contributed by atoms with E-state index in [-0.39, 0.29) is 17.6 Å². The molecule has 5 nitrogen and oxygen atoms in total. The van der Waals surface area contributed by atoms with Crippen molar-refractivity contribution in [3.05, 3.63) is 64.2 Å². The van der Waals surface area contributed by atoms with E-state index in [0.717, 1.165) is 30.5 Å². The van der Waals surface area contributed by atoms with Crippen LogP contribution in [0.2, 0.25) is 5.02 Å². The number of nitrogens with zero attached hydrogens (tertiary/aromatic N) is 1. The number of ether oxygens (including phenoxy) is 1. The fourth-order valence-electron chi connectivity index (χ4n) is 2.80. The molecule has 1 heterocycles. The van der Waals surface area contributed by atoms with Gasteiger partial charge in [0.05, 0.1) is 12.6 Å². The van der Waals surface area contributed by atoms with E-state index >= 15 is 0 Å². The largest absolute Gasteiger partial charge is 0.376 e. The number of anilines is 1. The van der Waals surface area contributed by atoms with Crippen LogP contribution in [0, 0.1) is 18.6 Å². The zero-order valence-corrected chi connectivity index (χ0v) is 16.0. The molecule has 0 saturated carbocycles. The van der Waals surface area contributed by atoms with Crippen LogP contribution >= 0.6 is 11.6 Å². The van der Waals surface area contributed by atoms with Crippen molar-refractivity contribution in [1.29, 1.82) is 0 Å². The molecule has 8 heteroatoms. The maximum atomic E-state index is 13.4. The summed E-state index contributed by atoms with van der Waals surface area (Å²) in [6, 6.07) is 8.21. The number of hydrogen-bond acceptors (Lipinski definition) is 3. The summed E-state index contributed by atoms with van der Waals surface area (Å²) in [4.78, 5) is 16.9. The van der Waals surface area contributed by atoms with Crippen LogP contribution in [0.25, 0.3) is 0 Å². The number of rotatable bonds is 4. The van der Waals surface area contributed by atoms with E-state index in [1.807, 2.05) is 6.92 Å². The molecule has 1 aliphatic heterocycles. The summed E-state index contributed by atoms with van der Waals surface area (Å²) in [6.45, 7) is 2.93. The summed E-state index contributed by atoms with van der Waals surface area (Å²) in [7, 11) is 0. The number of hydrogen-bond donors (Lipinski definition) is 2. The molecule has 2 N–H and O–H groups in total. The first-order valence-electron chi connectivity index (χ1n) is 8.88. The first-order chi connectivity index (χ1) is 13.4. The Morgan fingerprint density at radius 2 is 2.07 bits per heavy atom. The topological polar surface area (TPSA) is 62.7 Å². The van der Waals surface area contributed by atoms with Crippen molar-refractivity contribution in [2.24, 2.45) is 4.99 Å². The van der Waals surface area contributed by atoms with E-state index in [1.54, 1.807) is 18.2 Å². The van der Waals surface area contributed by atoms with Crippen molar-refractivity contribution in [3.8, 4) is 0 Å². The summed E-state index contributed by atoms with van der Waals surface area (Å²) in [5.41, 5.74) is 1.55. The molecule has 28 heavy (non-hydrogen) atoms. The predicted octanol–water partition coefficient (Wildman–Crippen LogP) is 4.30. The van der Waals surface area contributed by atoms with Gasteiger partial charge in [0.15, 0.2) is 11.6 Å². The number of guanidine groups is 1. The van der Waals surface area contributed by atoms with Crippen LogP contribution in [-0.2, 0) is 4.74 Å². The molecule has 0 bridgehead atoms. The lowest BCUT2D eigenvalue weighted by Crippen LogP contribution is -2.37. The number of carbonyl (C=O) groups excluding carboxylic acids is 1. The second-order valence-electron chi connectivity index (χ2n) is 6.49. The normalized spacial score (nSPS) is 16.9. The molecular formula is C20H20ClF2N3O2. The Morgan fingerprint density at radius 3 is 2.75 bits per heavy atom. The molecule has 148 valence electrons. The van der Waals surface area contributed by atoms with Gasteiger partial charge in [-0.1, -0.05) is 11.6 Å². The van der Waals surface area contributed by atoms with E-state index in [0.29, 0.717) is 23.9 Å². The highest BCUT2D eigenvalue weighted by Gasteiger charge is 2.17. The number of benzene rings is 2. The maximum absolute atomic E-state index is 13.4. The Balaban J connectivity index is 1.79. The summed E-state index contributed by atoms with van der Waals surface area (Å²) in [6.07, 6.45) is 1.86. The molecule has 1 fully saturated rings. The van der Waals surface area contributed by atoms with Gasteiger partial charge in [-0.2, -0.15) is 0 Å². The van der Waals surface area contributed by atoms with Crippen molar-refractivity contribution >= 4 is 29.2 Å². The van der Waals surface area contributed by atoms with E-state index in [4.69, 9.17) is 16.3 Å². The second kappa shape index (κ2) is 9.12. The van der Waals surface area contributed by atoms with Gasteiger partial charge < -0.3 is 10.1 Å². The van der Waals surface area contributed by atoms with Gasteiger partial charge in [-0.25, -0.2) is 13.8 Å². The van der Waals surface area contributed by atoms with Crippen molar-refractivity contribution in [3.63, 3.8) is 0 Å². The predicted molar refractivity (Wildman–Crippen MR) is 105 cm³/mol. The van der Waals surface area contributed by atoms with E-state index in [9.17, 15) is 13.6 Å². The van der Waals surface area contributed by atoms with E-state index in [2.05, 4.69) is 15.6 Å². The quantitative estimate of drug-likeness (QED) is 0.586. The van der Waals surface area contributed by atoms with E-state index in [1.165, 1.54) is 6.07 Å². The van der Waals surface area contributed by atoms with Gasteiger partial charge in [-0.15, -0.1) is 0 Å². The van der Waals surface area contributed by atoms with Crippen LogP contribution in [-0.4, -0.2) is 31.1 Å². The van der Waals surface area contributed by atoms with Gasteiger partial charge in [0.25, 0.3) is 5.91 Å². The van der Waals surface area contributed by atoms with Crippen LogP contribution in [0.1, 0.15) is 28.8 Å². The lowest BCUT2D eigenvalue weighted by molar-refractivity contribution is 0.0975. The van der Waals surface area contributed by atoms with Crippen molar-refractivity contribution in [2.45, 2.75) is 25.9 Å².